The summed E-state index contributed by atoms with van der Waals surface area (Å²) in [5.41, 5.74) is 6.96. The van der Waals surface area contributed by atoms with Gasteiger partial charge in [0, 0.05) is 36.2 Å². The fraction of sp³-hybridized carbons (Fsp3) is 0.464. The summed E-state index contributed by atoms with van der Waals surface area (Å²) < 4.78 is 17.9. The Bertz CT molecular complexity index is 1110. The van der Waals surface area contributed by atoms with Gasteiger partial charge in [-0.05, 0) is 66.9 Å². The maximum absolute atomic E-state index is 11.1. The maximum Gasteiger partial charge on any atom is 0.304 e. The van der Waals surface area contributed by atoms with Gasteiger partial charge in [0.1, 0.15) is 17.6 Å². The summed E-state index contributed by atoms with van der Waals surface area (Å²) in [6.45, 7) is 2.15. The van der Waals surface area contributed by atoms with Crippen molar-refractivity contribution in [2.45, 2.75) is 57.0 Å². The Labute approximate surface area is 194 Å². The molecule has 0 amide bonds. The van der Waals surface area contributed by atoms with Crippen LogP contribution in [0.4, 0.5) is 0 Å². The Morgan fingerprint density at radius 1 is 1.12 bits per heavy atom. The predicted molar refractivity (Wildman–Crippen MR) is 125 cm³/mol. The van der Waals surface area contributed by atoms with Crippen LogP contribution in [0.25, 0.3) is 5.57 Å². The molecule has 33 heavy (non-hydrogen) atoms. The smallest absolute Gasteiger partial charge is 0.304 e. The number of fused-ring (bicyclic) bond motifs is 2. The number of rotatable bonds is 5. The normalized spacial score (nSPS) is 24.8. The minimum absolute atomic E-state index is 0.0295. The Morgan fingerprint density at radius 3 is 2.85 bits per heavy atom. The molecule has 2 heterocycles. The van der Waals surface area contributed by atoms with Crippen molar-refractivity contribution in [3.8, 4) is 11.5 Å². The van der Waals surface area contributed by atoms with Crippen molar-refractivity contribution in [2.75, 3.05) is 19.8 Å². The zero-order valence-corrected chi connectivity index (χ0v) is 18.8. The number of ether oxygens (including phenoxy) is 3. The van der Waals surface area contributed by atoms with E-state index in [0.717, 1.165) is 62.4 Å². The molecule has 172 valence electrons. The molecule has 6 rings (SSSR count). The first-order valence-corrected chi connectivity index (χ1v) is 12.2. The van der Waals surface area contributed by atoms with Crippen LogP contribution >= 0.6 is 0 Å². The SMILES string of the molecule is O=C(O)CC1COc2cc(O[C@@H]3CCc4c(C5=CCCC56CCOCC6)cccc43)ccc21. The second-order valence-corrected chi connectivity index (χ2v) is 9.87. The highest BCUT2D eigenvalue weighted by Gasteiger charge is 2.41. The second-order valence-electron chi connectivity index (χ2n) is 9.87. The van der Waals surface area contributed by atoms with E-state index in [4.69, 9.17) is 19.3 Å². The van der Waals surface area contributed by atoms with Crippen molar-refractivity contribution in [3.63, 3.8) is 0 Å². The molecule has 0 saturated carbocycles. The Hall–Kier alpha value is -2.79. The van der Waals surface area contributed by atoms with Crippen LogP contribution in [-0.2, 0) is 16.0 Å². The summed E-state index contributed by atoms with van der Waals surface area (Å²) in [6, 6.07) is 12.6. The van der Waals surface area contributed by atoms with Gasteiger partial charge in [0.05, 0.1) is 13.0 Å². The van der Waals surface area contributed by atoms with Crippen LogP contribution in [0.5, 0.6) is 11.5 Å². The number of carbonyl (C=O) groups is 1. The van der Waals surface area contributed by atoms with Gasteiger partial charge in [-0.15, -0.1) is 0 Å². The van der Waals surface area contributed by atoms with Crippen LogP contribution in [0.15, 0.2) is 42.5 Å². The second kappa shape index (κ2) is 8.21. The third-order valence-electron chi connectivity index (χ3n) is 8.06. The first-order valence-electron chi connectivity index (χ1n) is 12.2. The maximum atomic E-state index is 11.1. The van der Waals surface area contributed by atoms with E-state index in [2.05, 4.69) is 24.3 Å². The Kier molecular flexibility index (Phi) is 5.17. The van der Waals surface area contributed by atoms with Gasteiger partial charge < -0.3 is 19.3 Å². The van der Waals surface area contributed by atoms with Gasteiger partial charge in [-0.1, -0.05) is 30.3 Å². The molecule has 0 radical (unpaired) electrons. The summed E-state index contributed by atoms with van der Waals surface area (Å²) in [5.74, 6) is 0.658. The summed E-state index contributed by atoms with van der Waals surface area (Å²) in [6.07, 6.45) is 9.25. The topological polar surface area (TPSA) is 65.0 Å². The number of allylic oxidation sites excluding steroid dienone is 2. The fourth-order valence-corrected chi connectivity index (χ4v) is 6.39. The molecule has 1 N–H and O–H groups in total. The van der Waals surface area contributed by atoms with E-state index >= 15 is 0 Å². The van der Waals surface area contributed by atoms with Crippen LogP contribution in [0, 0.1) is 5.41 Å². The van der Waals surface area contributed by atoms with Crippen LogP contribution in [0.3, 0.4) is 0 Å². The number of carboxylic acids is 1. The molecule has 1 spiro atoms. The molecule has 2 aliphatic carbocycles. The third-order valence-corrected chi connectivity index (χ3v) is 8.06. The molecule has 0 bridgehead atoms. The molecule has 2 aromatic rings. The van der Waals surface area contributed by atoms with E-state index in [0.29, 0.717) is 6.61 Å². The molecule has 1 unspecified atom stereocenters. The first kappa shape index (κ1) is 20.8. The highest BCUT2D eigenvalue weighted by molar-refractivity contribution is 5.76. The summed E-state index contributed by atoms with van der Waals surface area (Å²) in [7, 11) is 0. The number of hydrogen-bond donors (Lipinski definition) is 1. The molecule has 2 atom stereocenters. The molecule has 4 aliphatic rings. The lowest BCUT2D eigenvalue weighted by atomic mass is 9.71. The summed E-state index contributed by atoms with van der Waals surface area (Å²) >= 11 is 0. The molecular weight excluding hydrogens is 416 g/mol. The highest BCUT2D eigenvalue weighted by Crippen LogP contribution is 2.53. The average molecular weight is 447 g/mol. The highest BCUT2D eigenvalue weighted by atomic mass is 16.5. The molecule has 0 aromatic heterocycles. The van der Waals surface area contributed by atoms with Gasteiger partial charge in [0.25, 0.3) is 0 Å². The van der Waals surface area contributed by atoms with Crippen LogP contribution in [0.1, 0.15) is 72.8 Å². The van der Waals surface area contributed by atoms with E-state index in [1.54, 1.807) is 5.57 Å². The van der Waals surface area contributed by atoms with Crippen molar-refractivity contribution in [1.82, 2.24) is 0 Å². The average Bonchev–Trinajstić information content (AvgIpc) is 3.52. The zero-order chi connectivity index (χ0) is 22.4. The van der Waals surface area contributed by atoms with Crippen molar-refractivity contribution in [3.05, 3.63) is 64.7 Å². The molecule has 2 aromatic carbocycles. The van der Waals surface area contributed by atoms with Gasteiger partial charge in [-0.25, -0.2) is 0 Å². The van der Waals surface area contributed by atoms with Crippen LogP contribution in [-0.4, -0.2) is 30.9 Å². The number of aliphatic carboxylic acids is 1. The number of carboxylic acid groups (broad SMARTS) is 1. The van der Waals surface area contributed by atoms with Crippen molar-refractivity contribution < 1.29 is 24.1 Å². The van der Waals surface area contributed by atoms with E-state index in [1.165, 1.54) is 23.1 Å². The van der Waals surface area contributed by atoms with E-state index in [1.807, 2.05) is 18.2 Å². The minimum Gasteiger partial charge on any atom is -0.492 e. The molecule has 5 heteroatoms. The molecule has 1 fully saturated rings. The number of benzene rings is 2. The van der Waals surface area contributed by atoms with Crippen LogP contribution < -0.4 is 9.47 Å². The van der Waals surface area contributed by atoms with Crippen molar-refractivity contribution in [2.24, 2.45) is 5.41 Å². The van der Waals surface area contributed by atoms with E-state index < -0.39 is 5.97 Å². The van der Waals surface area contributed by atoms with Crippen molar-refractivity contribution >= 4 is 11.5 Å². The number of hydrogen-bond acceptors (Lipinski definition) is 4. The lowest BCUT2D eigenvalue weighted by Crippen LogP contribution is -2.29. The van der Waals surface area contributed by atoms with Crippen molar-refractivity contribution in [1.29, 1.82) is 0 Å². The first-order chi connectivity index (χ1) is 16.1. The van der Waals surface area contributed by atoms with Gasteiger partial charge in [-0.2, -0.15) is 0 Å². The predicted octanol–water partition coefficient (Wildman–Crippen LogP) is 5.68. The minimum atomic E-state index is -0.796. The quantitative estimate of drug-likeness (QED) is 0.640. The third kappa shape index (κ3) is 3.63. The standard InChI is InChI=1S/C28H30O5/c29-27(30)15-18-17-32-26-16-19(6-7-20(18)26)33-25-9-8-21-22(3-1-4-23(21)25)24-5-2-10-28(24)11-13-31-14-12-28/h1,3-7,16,18,25H,2,8-15,17H2,(H,29,30)/t18?,25-/m1/s1. The van der Waals surface area contributed by atoms with Gasteiger partial charge in [0.2, 0.25) is 0 Å². The van der Waals surface area contributed by atoms with E-state index in [9.17, 15) is 4.79 Å². The Balaban J connectivity index is 1.24. The molecule has 1 saturated heterocycles. The van der Waals surface area contributed by atoms with Gasteiger partial charge in [0.15, 0.2) is 0 Å². The summed E-state index contributed by atoms with van der Waals surface area (Å²) in [5, 5.41) is 9.13. The zero-order valence-electron chi connectivity index (χ0n) is 18.8. The summed E-state index contributed by atoms with van der Waals surface area (Å²) in [4.78, 5) is 11.1. The Morgan fingerprint density at radius 2 is 2.00 bits per heavy atom. The monoisotopic (exact) mass is 446 g/mol. The lowest BCUT2D eigenvalue weighted by Gasteiger charge is -2.37. The van der Waals surface area contributed by atoms with Crippen LogP contribution in [0.2, 0.25) is 0 Å². The van der Waals surface area contributed by atoms with E-state index in [-0.39, 0.29) is 23.9 Å². The fourth-order valence-electron chi connectivity index (χ4n) is 6.39. The molecular formula is C28H30O5. The molecule has 5 nitrogen and oxygen atoms in total. The van der Waals surface area contributed by atoms with Gasteiger partial charge in [-0.3, -0.25) is 4.79 Å². The lowest BCUT2D eigenvalue weighted by molar-refractivity contribution is -0.137. The largest absolute Gasteiger partial charge is 0.492 e. The molecule has 2 aliphatic heterocycles. The van der Waals surface area contributed by atoms with Gasteiger partial charge >= 0.3 is 5.97 Å².